The number of rotatable bonds is 12. The van der Waals surface area contributed by atoms with E-state index in [1.165, 1.54) is 48.4 Å². The summed E-state index contributed by atoms with van der Waals surface area (Å²) in [6, 6.07) is 17.4. The van der Waals surface area contributed by atoms with E-state index in [0.29, 0.717) is 5.56 Å². The molecule has 3 rings (SSSR count). The summed E-state index contributed by atoms with van der Waals surface area (Å²) in [4.78, 5) is 28.6. The van der Waals surface area contributed by atoms with Crippen LogP contribution in [0.5, 0.6) is 5.75 Å². The van der Waals surface area contributed by atoms with E-state index in [1.807, 2.05) is 20.8 Å². The molecule has 0 unspecified atom stereocenters. The number of carbonyl (C=O) groups excluding carboxylic acids is 2. The topological polar surface area (TPSA) is 96.0 Å². The van der Waals surface area contributed by atoms with Crippen molar-refractivity contribution >= 4 is 27.5 Å². The van der Waals surface area contributed by atoms with Crippen LogP contribution in [-0.4, -0.2) is 50.9 Å². The first-order valence-corrected chi connectivity index (χ1v) is 14.5. The van der Waals surface area contributed by atoms with Crippen LogP contribution in [0.4, 0.5) is 10.1 Å². The zero-order chi connectivity index (χ0) is 29.4. The Morgan fingerprint density at radius 1 is 0.975 bits per heavy atom. The molecule has 0 heterocycles. The molecule has 0 aliphatic rings. The molecule has 0 aliphatic carbocycles. The lowest BCUT2D eigenvalue weighted by molar-refractivity contribution is -0.140. The van der Waals surface area contributed by atoms with E-state index in [9.17, 15) is 22.4 Å². The quantitative estimate of drug-likeness (QED) is 0.342. The maximum atomic E-state index is 14.0. The van der Waals surface area contributed by atoms with E-state index in [1.54, 1.807) is 43.3 Å². The van der Waals surface area contributed by atoms with Crippen molar-refractivity contribution < 1.29 is 27.1 Å². The predicted molar refractivity (Wildman–Crippen MR) is 153 cm³/mol. The van der Waals surface area contributed by atoms with Gasteiger partial charge < -0.3 is 15.0 Å². The zero-order valence-electron chi connectivity index (χ0n) is 23.4. The number of aryl methyl sites for hydroxylation is 1. The standard InChI is InChI=1S/C30H36FN3O5S/c1-6-26(30(36)32-21(2)3)33(19-23-13-15-24(31)16-14-23)29(35)20-34(27-9-7-8-10-28(27)39-5)40(37,38)25-17-11-22(4)12-18-25/h7-18,21,26H,6,19-20H2,1-5H3,(H,32,36)/t26-/m0/s1. The average molecular weight is 570 g/mol. The fraction of sp³-hybridized carbons (Fsp3) is 0.333. The molecule has 1 atom stereocenters. The van der Waals surface area contributed by atoms with E-state index >= 15 is 0 Å². The SMILES string of the molecule is CC[C@@H](C(=O)NC(C)C)N(Cc1ccc(F)cc1)C(=O)CN(c1ccccc1OC)S(=O)(=O)c1ccc(C)cc1. The van der Waals surface area contributed by atoms with Gasteiger partial charge in [-0.25, -0.2) is 12.8 Å². The molecule has 214 valence electrons. The van der Waals surface area contributed by atoms with E-state index in [4.69, 9.17) is 4.74 Å². The summed E-state index contributed by atoms with van der Waals surface area (Å²) < 4.78 is 48.0. The summed E-state index contributed by atoms with van der Waals surface area (Å²) in [7, 11) is -2.81. The van der Waals surface area contributed by atoms with E-state index in [0.717, 1.165) is 9.87 Å². The second-order valence-electron chi connectivity index (χ2n) is 9.73. The Balaban J connectivity index is 2.09. The fourth-order valence-electron chi connectivity index (χ4n) is 4.27. The zero-order valence-corrected chi connectivity index (χ0v) is 24.2. The molecule has 0 radical (unpaired) electrons. The molecule has 0 fully saturated rings. The summed E-state index contributed by atoms with van der Waals surface area (Å²) in [5, 5.41) is 2.84. The number of para-hydroxylation sites is 2. The Kier molecular flexibility index (Phi) is 10.3. The normalized spacial score (nSPS) is 12.1. The minimum Gasteiger partial charge on any atom is -0.495 e. The number of amides is 2. The minimum atomic E-state index is -4.23. The van der Waals surface area contributed by atoms with Crippen LogP contribution < -0.4 is 14.4 Å². The Bertz CT molecular complexity index is 1410. The first kappa shape index (κ1) is 30.6. The van der Waals surface area contributed by atoms with Crippen LogP contribution in [0.15, 0.2) is 77.7 Å². The van der Waals surface area contributed by atoms with Crippen LogP contribution in [0.3, 0.4) is 0 Å². The second kappa shape index (κ2) is 13.4. The van der Waals surface area contributed by atoms with Crippen LogP contribution in [0.2, 0.25) is 0 Å². The summed E-state index contributed by atoms with van der Waals surface area (Å²) >= 11 is 0. The number of hydrogen-bond acceptors (Lipinski definition) is 5. The first-order valence-electron chi connectivity index (χ1n) is 13.0. The highest BCUT2D eigenvalue weighted by Gasteiger charge is 2.34. The van der Waals surface area contributed by atoms with Crippen molar-refractivity contribution in [2.24, 2.45) is 0 Å². The Morgan fingerprint density at radius 3 is 2.17 bits per heavy atom. The number of methoxy groups -OCH3 is 1. The summed E-state index contributed by atoms with van der Waals surface area (Å²) in [5.41, 5.74) is 1.66. The highest BCUT2D eigenvalue weighted by Crippen LogP contribution is 2.32. The first-order chi connectivity index (χ1) is 19.0. The highest BCUT2D eigenvalue weighted by atomic mass is 32.2. The van der Waals surface area contributed by atoms with Gasteiger partial charge in [0.05, 0.1) is 17.7 Å². The van der Waals surface area contributed by atoms with Gasteiger partial charge in [0, 0.05) is 12.6 Å². The van der Waals surface area contributed by atoms with Crippen molar-refractivity contribution in [3.63, 3.8) is 0 Å². The third-order valence-electron chi connectivity index (χ3n) is 6.32. The lowest BCUT2D eigenvalue weighted by Gasteiger charge is -2.33. The number of nitrogens with one attached hydrogen (secondary N) is 1. The number of halogens is 1. The van der Waals surface area contributed by atoms with Crippen LogP contribution >= 0.6 is 0 Å². The monoisotopic (exact) mass is 569 g/mol. The van der Waals surface area contributed by atoms with Crippen LogP contribution in [0.1, 0.15) is 38.3 Å². The van der Waals surface area contributed by atoms with Crippen molar-refractivity contribution in [3.8, 4) is 5.75 Å². The van der Waals surface area contributed by atoms with Crippen molar-refractivity contribution in [1.29, 1.82) is 0 Å². The predicted octanol–water partition coefficient (Wildman–Crippen LogP) is 4.67. The third kappa shape index (κ3) is 7.38. The van der Waals surface area contributed by atoms with Gasteiger partial charge >= 0.3 is 0 Å². The third-order valence-corrected chi connectivity index (χ3v) is 8.10. The molecular weight excluding hydrogens is 533 g/mol. The van der Waals surface area contributed by atoms with Crippen molar-refractivity contribution in [2.45, 2.75) is 57.6 Å². The maximum Gasteiger partial charge on any atom is 0.264 e. The smallest absolute Gasteiger partial charge is 0.264 e. The molecule has 10 heteroatoms. The van der Waals surface area contributed by atoms with Crippen LogP contribution in [-0.2, 0) is 26.2 Å². The van der Waals surface area contributed by atoms with Crippen molar-refractivity contribution in [1.82, 2.24) is 10.2 Å². The fourth-order valence-corrected chi connectivity index (χ4v) is 5.70. The van der Waals surface area contributed by atoms with Gasteiger partial charge in [-0.1, -0.05) is 48.9 Å². The van der Waals surface area contributed by atoms with Gasteiger partial charge in [-0.3, -0.25) is 13.9 Å². The Morgan fingerprint density at radius 2 is 1.60 bits per heavy atom. The van der Waals surface area contributed by atoms with E-state index < -0.39 is 34.3 Å². The molecule has 3 aromatic carbocycles. The number of ether oxygens (including phenoxy) is 1. The van der Waals surface area contributed by atoms with E-state index in [-0.39, 0.29) is 41.2 Å². The molecule has 0 bridgehead atoms. The molecule has 0 saturated heterocycles. The summed E-state index contributed by atoms with van der Waals surface area (Å²) in [6.45, 7) is 6.63. The van der Waals surface area contributed by atoms with Gasteiger partial charge in [-0.05, 0) is 69.2 Å². The van der Waals surface area contributed by atoms with Gasteiger partial charge in [0.2, 0.25) is 11.8 Å². The number of carbonyl (C=O) groups is 2. The second-order valence-corrected chi connectivity index (χ2v) is 11.6. The average Bonchev–Trinajstić information content (AvgIpc) is 2.92. The molecule has 1 N–H and O–H groups in total. The van der Waals surface area contributed by atoms with E-state index in [2.05, 4.69) is 5.32 Å². The van der Waals surface area contributed by atoms with Gasteiger partial charge in [0.25, 0.3) is 10.0 Å². The number of sulfonamides is 1. The summed E-state index contributed by atoms with van der Waals surface area (Å²) in [6.07, 6.45) is 0.283. The molecule has 2 amide bonds. The lowest BCUT2D eigenvalue weighted by atomic mass is 10.1. The van der Waals surface area contributed by atoms with Gasteiger partial charge in [0.15, 0.2) is 0 Å². The van der Waals surface area contributed by atoms with Crippen LogP contribution in [0.25, 0.3) is 0 Å². The molecular formula is C30H36FN3O5S. The molecule has 0 aliphatic heterocycles. The molecule has 0 saturated carbocycles. The molecule has 40 heavy (non-hydrogen) atoms. The minimum absolute atomic E-state index is 0.00600. The molecule has 3 aromatic rings. The number of nitrogens with zero attached hydrogens (tertiary/aromatic N) is 2. The largest absolute Gasteiger partial charge is 0.495 e. The summed E-state index contributed by atoms with van der Waals surface area (Å²) in [5.74, 6) is -1.13. The molecule has 8 nitrogen and oxygen atoms in total. The Hall–Kier alpha value is -3.92. The number of hydrogen-bond donors (Lipinski definition) is 1. The highest BCUT2D eigenvalue weighted by molar-refractivity contribution is 7.92. The van der Waals surface area contributed by atoms with Gasteiger partial charge in [0.1, 0.15) is 24.2 Å². The Labute approximate surface area is 235 Å². The number of benzene rings is 3. The van der Waals surface area contributed by atoms with Gasteiger partial charge in [-0.2, -0.15) is 0 Å². The lowest BCUT2D eigenvalue weighted by Crippen LogP contribution is -2.53. The van der Waals surface area contributed by atoms with Crippen molar-refractivity contribution in [2.75, 3.05) is 18.0 Å². The molecule has 0 aromatic heterocycles. The van der Waals surface area contributed by atoms with Gasteiger partial charge in [-0.15, -0.1) is 0 Å². The van der Waals surface area contributed by atoms with Crippen LogP contribution in [0, 0.1) is 12.7 Å². The number of anilines is 1. The molecule has 0 spiro atoms. The maximum absolute atomic E-state index is 14.0. The van der Waals surface area contributed by atoms with Crippen molar-refractivity contribution in [3.05, 3.63) is 89.7 Å².